The quantitative estimate of drug-likeness (QED) is 0.180. The van der Waals surface area contributed by atoms with Crippen molar-refractivity contribution in [2.24, 2.45) is 0 Å². The highest BCUT2D eigenvalue weighted by molar-refractivity contribution is 7.27. The Morgan fingerprint density at radius 1 is 0.444 bits per heavy atom. The lowest BCUT2D eigenvalue weighted by Crippen LogP contribution is -2.02. The van der Waals surface area contributed by atoms with Crippen LogP contribution in [0.4, 0.5) is 0 Å². The largest absolute Gasteiger partial charge is 0.456 e. The number of thiophene rings is 1. The Hall–Kier alpha value is -7.02. The lowest BCUT2D eigenvalue weighted by Gasteiger charge is -2.12. The minimum atomic E-state index is 0.646. The zero-order valence-electron chi connectivity index (χ0n) is 28.3. The average Bonchev–Trinajstić information content (AvgIpc) is 3.96. The first-order chi connectivity index (χ1) is 26.8. The van der Waals surface area contributed by atoms with Crippen molar-refractivity contribution in [3.05, 3.63) is 140 Å². The first-order valence-electron chi connectivity index (χ1n) is 18.2. The van der Waals surface area contributed by atoms with Crippen LogP contribution in [0.1, 0.15) is 0 Å². The molecule has 0 aliphatic heterocycles. The maximum atomic E-state index is 6.55. The fourth-order valence-electron chi connectivity index (χ4n) is 9.47. The maximum Gasteiger partial charge on any atom is 0.235 e. The van der Waals surface area contributed by atoms with Crippen molar-refractivity contribution in [1.82, 2.24) is 14.5 Å². The number of benzene rings is 8. The van der Waals surface area contributed by atoms with E-state index in [1.54, 1.807) is 11.3 Å². The summed E-state index contributed by atoms with van der Waals surface area (Å²) in [5.41, 5.74) is 11.0. The Balaban J connectivity index is 1.17. The maximum absolute atomic E-state index is 6.55. The van der Waals surface area contributed by atoms with Crippen LogP contribution >= 0.6 is 11.3 Å². The van der Waals surface area contributed by atoms with Gasteiger partial charge in [0.1, 0.15) is 22.3 Å². The Morgan fingerprint density at radius 2 is 1.13 bits per heavy atom. The van der Waals surface area contributed by atoms with Crippen LogP contribution in [0.2, 0.25) is 0 Å². The molecule has 14 rings (SSSR count). The van der Waals surface area contributed by atoms with E-state index < -0.39 is 0 Å². The lowest BCUT2D eigenvalue weighted by atomic mass is 9.95. The van der Waals surface area contributed by atoms with Gasteiger partial charge in [0.25, 0.3) is 0 Å². The van der Waals surface area contributed by atoms with Gasteiger partial charge in [0.2, 0.25) is 5.95 Å². The summed E-state index contributed by atoms with van der Waals surface area (Å²) in [5.74, 6) is 0.646. The molecule has 5 aromatic heterocycles. The third-order valence-electron chi connectivity index (χ3n) is 11.7. The molecule has 1 aliphatic rings. The molecule has 0 saturated heterocycles. The number of fused-ring (bicyclic) bond motifs is 9. The van der Waals surface area contributed by atoms with Gasteiger partial charge in [-0.05, 0) is 81.2 Å². The molecule has 0 fully saturated rings. The minimum Gasteiger partial charge on any atom is -0.456 e. The van der Waals surface area contributed by atoms with E-state index in [0.717, 1.165) is 81.8 Å². The highest BCUT2D eigenvalue weighted by Gasteiger charge is 2.28. The molecule has 248 valence electrons. The molecule has 0 bridgehead atoms. The summed E-state index contributed by atoms with van der Waals surface area (Å²) in [7, 11) is 0. The Morgan fingerprint density at radius 3 is 2.07 bits per heavy atom. The topological polar surface area (TPSA) is 57.0 Å². The van der Waals surface area contributed by atoms with Gasteiger partial charge in [-0.15, -0.1) is 11.3 Å². The highest BCUT2D eigenvalue weighted by atomic mass is 32.1. The van der Waals surface area contributed by atoms with E-state index in [1.807, 2.05) is 12.1 Å². The number of furan rings is 2. The van der Waals surface area contributed by atoms with Crippen molar-refractivity contribution < 1.29 is 8.83 Å². The molecular weight excluding hydrogens is 683 g/mol. The molecule has 1 aliphatic carbocycles. The van der Waals surface area contributed by atoms with Crippen molar-refractivity contribution in [2.45, 2.75) is 0 Å². The second-order valence-corrected chi connectivity index (χ2v) is 15.5. The van der Waals surface area contributed by atoms with Gasteiger partial charge in [-0.1, -0.05) is 91.0 Å². The van der Waals surface area contributed by atoms with Gasteiger partial charge < -0.3 is 8.83 Å². The van der Waals surface area contributed by atoms with E-state index >= 15 is 0 Å². The summed E-state index contributed by atoms with van der Waals surface area (Å²) >= 11 is 1.78. The smallest absolute Gasteiger partial charge is 0.235 e. The number of hydrogen-bond donors (Lipinski definition) is 0. The van der Waals surface area contributed by atoms with E-state index in [1.165, 1.54) is 48.1 Å². The fraction of sp³-hybridized carbons (Fsp3) is 0. The number of aromatic nitrogens is 3. The summed E-state index contributed by atoms with van der Waals surface area (Å²) < 4.78 is 17.4. The Kier molecular flexibility index (Phi) is 4.85. The molecule has 5 heterocycles. The SMILES string of the molecule is c1ccc2c(c1)ccc1c3nc(-n4c5ccc6cccc7c6c5c5c6c(ccc54)oc4cccc-7c46)nc(-c4ccc5oc6ccccc6c5c4)c3sc21. The second kappa shape index (κ2) is 9.50. The zero-order chi connectivity index (χ0) is 34.8. The minimum absolute atomic E-state index is 0.646. The van der Waals surface area contributed by atoms with Gasteiger partial charge in [-0.3, -0.25) is 4.57 Å². The number of nitrogens with zero attached hydrogens (tertiary/aromatic N) is 3. The molecule has 0 amide bonds. The summed E-state index contributed by atoms with van der Waals surface area (Å²) in [4.78, 5) is 11.1. The lowest BCUT2D eigenvalue weighted by molar-refractivity contribution is 0.668. The van der Waals surface area contributed by atoms with Crippen molar-refractivity contribution >= 4 is 119 Å². The summed E-state index contributed by atoms with van der Waals surface area (Å²) in [6.07, 6.45) is 0. The van der Waals surface area contributed by atoms with E-state index in [2.05, 4.69) is 132 Å². The van der Waals surface area contributed by atoms with Gasteiger partial charge in [-0.2, -0.15) is 0 Å². The van der Waals surface area contributed by atoms with Crippen molar-refractivity contribution in [1.29, 1.82) is 0 Å². The molecule has 8 aromatic carbocycles. The monoisotopic (exact) mass is 705 g/mol. The van der Waals surface area contributed by atoms with Crippen LogP contribution < -0.4 is 0 Å². The van der Waals surface area contributed by atoms with E-state index in [-0.39, 0.29) is 0 Å². The van der Waals surface area contributed by atoms with Gasteiger partial charge in [0, 0.05) is 48.0 Å². The summed E-state index contributed by atoms with van der Waals surface area (Å²) in [6, 6.07) is 49.6. The number of para-hydroxylation sites is 1. The van der Waals surface area contributed by atoms with Crippen LogP contribution in [-0.4, -0.2) is 14.5 Å². The summed E-state index contributed by atoms with van der Waals surface area (Å²) in [6.45, 7) is 0. The molecule has 0 radical (unpaired) electrons. The predicted octanol–water partition coefficient (Wildman–Crippen LogP) is 13.7. The third kappa shape index (κ3) is 3.28. The molecule has 0 spiro atoms. The van der Waals surface area contributed by atoms with E-state index in [0.29, 0.717) is 5.95 Å². The number of hydrogen-bond acceptors (Lipinski definition) is 5. The van der Waals surface area contributed by atoms with Crippen molar-refractivity contribution in [2.75, 3.05) is 0 Å². The molecule has 13 aromatic rings. The second-order valence-electron chi connectivity index (χ2n) is 14.4. The molecule has 0 saturated carbocycles. The van der Waals surface area contributed by atoms with Crippen LogP contribution in [0.5, 0.6) is 0 Å². The number of rotatable bonds is 2. The predicted molar refractivity (Wildman–Crippen MR) is 223 cm³/mol. The van der Waals surface area contributed by atoms with Gasteiger partial charge in [-0.25, -0.2) is 9.97 Å². The normalized spacial score (nSPS) is 12.8. The highest BCUT2D eigenvalue weighted by Crippen LogP contribution is 2.51. The summed E-state index contributed by atoms with van der Waals surface area (Å²) in [5, 5.41) is 12.9. The molecular formula is C48H23N3O2S. The van der Waals surface area contributed by atoms with Crippen LogP contribution in [0.25, 0.3) is 136 Å². The van der Waals surface area contributed by atoms with Crippen molar-refractivity contribution in [3.63, 3.8) is 0 Å². The molecule has 6 heteroatoms. The van der Waals surface area contributed by atoms with E-state index in [4.69, 9.17) is 18.8 Å². The Labute approximate surface area is 308 Å². The molecule has 0 unspecified atom stereocenters. The van der Waals surface area contributed by atoms with Gasteiger partial charge in [0.15, 0.2) is 0 Å². The zero-order valence-corrected chi connectivity index (χ0v) is 29.2. The van der Waals surface area contributed by atoms with Crippen LogP contribution in [0.3, 0.4) is 0 Å². The van der Waals surface area contributed by atoms with Gasteiger partial charge >= 0.3 is 0 Å². The Bertz CT molecular complexity index is 3860. The van der Waals surface area contributed by atoms with Crippen LogP contribution in [0, 0.1) is 0 Å². The van der Waals surface area contributed by atoms with Gasteiger partial charge in [0.05, 0.1) is 26.9 Å². The molecule has 5 nitrogen and oxygen atoms in total. The average molecular weight is 706 g/mol. The standard InChI is InChI=1S/C48H23N3O2S/c1-2-9-27-24(7-1)15-18-31-45-47(54-46(27)31)44(26-17-21-36-32(23-26)28-10-3-4-13-35(28)52-36)49-48(50-45)51-33-19-16-25-8-5-11-29-30-12-6-14-37-40(30)43-38(53-37)22-20-34(51)42(43)41(33)39(25)29/h1-23H. The van der Waals surface area contributed by atoms with Crippen molar-refractivity contribution in [3.8, 4) is 28.3 Å². The first-order valence-corrected chi connectivity index (χ1v) is 19.0. The molecule has 0 atom stereocenters. The van der Waals surface area contributed by atoms with Crippen LogP contribution in [-0.2, 0) is 0 Å². The fourth-order valence-corrected chi connectivity index (χ4v) is 10.8. The molecule has 54 heavy (non-hydrogen) atoms. The van der Waals surface area contributed by atoms with Crippen LogP contribution in [0.15, 0.2) is 148 Å². The third-order valence-corrected chi connectivity index (χ3v) is 13.0. The molecule has 0 N–H and O–H groups in total. The first kappa shape index (κ1) is 27.6. The van der Waals surface area contributed by atoms with E-state index in [9.17, 15) is 0 Å².